The maximum atomic E-state index is 13.0. The van der Waals surface area contributed by atoms with E-state index >= 15 is 0 Å². The van der Waals surface area contributed by atoms with Crippen molar-refractivity contribution in [2.45, 2.75) is 47.0 Å². The van der Waals surface area contributed by atoms with Crippen LogP contribution in [0.3, 0.4) is 0 Å². The summed E-state index contributed by atoms with van der Waals surface area (Å²) in [6, 6.07) is 23.0. The van der Waals surface area contributed by atoms with Gasteiger partial charge in [0.15, 0.2) is 15.3 Å². The van der Waals surface area contributed by atoms with E-state index in [9.17, 15) is 13.7 Å². The molecule has 4 N–H and O–H groups in total. The minimum absolute atomic E-state index is 0.0529. The van der Waals surface area contributed by atoms with Gasteiger partial charge in [-0.15, -0.1) is 0 Å². The molecule has 0 aliphatic heterocycles. The first kappa shape index (κ1) is 71.7. The van der Waals surface area contributed by atoms with E-state index in [1.165, 1.54) is 5.56 Å². The number of alkyl halides is 1. The van der Waals surface area contributed by atoms with Gasteiger partial charge in [0.25, 0.3) is 0 Å². The van der Waals surface area contributed by atoms with Crippen molar-refractivity contribution < 1.29 is 31.8 Å². The largest absolute Gasteiger partial charge is 0.362 e. The molecule has 0 aromatic carbocycles. The lowest BCUT2D eigenvalue weighted by atomic mass is 10.2. The summed E-state index contributed by atoms with van der Waals surface area (Å²) in [7, 11) is -8.40. The maximum Gasteiger partial charge on any atom is 0.349 e. The zero-order valence-electron chi connectivity index (χ0n) is 45.8. The summed E-state index contributed by atoms with van der Waals surface area (Å²) in [5, 5.41) is 14.2. The molecule has 29 heteroatoms. The molecule has 0 bridgehead atoms. The molecule has 0 saturated heterocycles. The molecule has 0 unspecified atom stereocenters. The summed E-state index contributed by atoms with van der Waals surface area (Å²) in [5.74, 6) is 2.00. The topological polar surface area (TPSA) is 220 Å². The molecule has 0 saturated carbocycles. The molecular weight excluding hydrogens is 1410 g/mol. The van der Waals surface area contributed by atoms with Crippen molar-refractivity contribution in [3.63, 3.8) is 0 Å². The first-order valence-electron chi connectivity index (χ1n) is 25.3. The smallest absolute Gasteiger partial charge is 0.349 e. The van der Waals surface area contributed by atoms with E-state index in [-0.39, 0.29) is 11.4 Å². The van der Waals surface area contributed by atoms with Crippen LogP contribution in [0.5, 0.6) is 0 Å². The van der Waals surface area contributed by atoms with Crippen LogP contribution in [0.15, 0.2) is 142 Å². The molecule has 0 amide bonds. The third-order valence-corrected chi connectivity index (χ3v) is 18.7. The van der Waals surface area contributed by atoms with Crippen molar-refractivity contribution in [2.75, 3.05) is 92.6 Å². The lowest BCUT2D eigenvalue weighted by molar-refractivity contribution is 0.210. The highest BCUT2D eigenvalue weighted by Gasteiger charge is 2.29. The van der Waals surface area contributed by atoms with Gasteiger partial charge in [0.2, 0.25) is 0 Å². The Morgan fingerprint density at radius 2 is 0.988 bits per heavy atom. The number of rotatable bonds is 25. The van der Waals surface area contributed by atoms with Gasteiger partial charge in [-0.05, 0) is 216 Å². The van der Waals surface area contributed by atoms with Crippen molar-refractivity contribution in [1.82, 2.24) is 45.4 Å². The van der Waals surface area contributed by atoms with E-state index in [0.717, 1.165) is 49.7 Å². The van der Waals surface area contributed by atoms with Crippen molar-refractivity contribution in [3.05, 3.63) is 159 Å². The van der Waals surface area contributed by atoms with E-state index in [1.54, 1.807) is 100 Å². The Morgan fingerprint density at radius 3 is 1.40 bits per heavy atom. The number of halogens is 4. The molecule has 0 fully saturated rings. The number of pyridine rings is 6. The van der Waals surface area contributed by atoms with E-state index in [0.29, 0.717) is 79.2 Å². The minimum atomic E-state index is -3.31. The normalized spacial score (nSPS) is 11.0. The summed E-state index contributed by atoms with van der Waals surface area (Å²) in [6.07, 6.45) is 18.6. The molecule has 0 atom stereocenters. The molecule has 440 valence electrons. The summed E-state index contributed by atoms with van der Waals surface area (Å²) >= 11 is 29.4. The van der Waals surface area contributed by atoms with Gasteiger partial charge in [0.05, 0.1) is 32.7 Å². The Labute approximate surface area is 526 Å². The number of nitrogens with zero attached hydrogens (tertiary/aromatic N) is 8. The predicted octanol–water partition coefficient (Wildman–Crippen LogP) is 13.8. The molecular formula is C52H69Br4N12O7P3S3. The highest BCUT2D eigenvalue weighted by atomic mass is 79.9. The number of aromatic nitrogens is 6. The maximum absolute atomic E-state index is 13.0. The molecule has 0 radical (unpaired) electrons. The molecule has 6 rings (SSSR count). The first-order chi connectivity index (χ1) is 38.7. The molecule has 81 heavy (non-hydrogen) atoms. The Hall–Kier alpha value is -3.58. The lowest BCUT2D eigenvalue weighted by Crippen LogP contribution is -2.41. The van der Waals surface area contributed by atoms with Crippen LogP contribution in [0, 0.1) is 0 Å². The van der Waals surface area contributed by atoms with E-state index in [2.05, 4.69) is 115 Å². The summed E-state index contributed by atoms with van der Waals surface area (Å²) in [6.45, 7) is 14.0. The van der Waals surface area contributed by atoms with Crippen LogP contribution in [-0.2, 0) is 51.1 Å². The second-order valence-electron chi connectivity index (χ2n) is 17.0. The molecule has 0 aliphatic carbocycles. The Balaban J connectivity index is 0.000000298. The quantitative estimate of drug-likeness (QED) is 0.0238. The fourth-order valence-corrected chi connectivity index (χ4v) is 12.6. The van der Waals surface area contributed by atoms with Crippen LogP contribution in [-0.4, -0.2) is 127 Å². The second-order valence-corrected chi connectivity index (χ2v) is 29.9. The van der Waals surface area contributed by atoms with Crippen molar-refractivity contribution in [1.29, 1.82) is 0 Å². The molecule has 6 aromatic rings. The van der Waals surface area contributed by atoms with Gasteiger partial charge >= 0.3 is 15.2 Å². The Bertz CT molecular complexity index is 2890. The fraction of sp³-hybridized carbons (Fsp3) is 0.365. The van der Waals surface area contributed by atoms with Gasteiger partial charge in [0.1, 0.15) is 36.0 Å². The second kappa shape index (κ2) is 39.9. The third-order valence-electron chi connectivity index (χ3n) is 9.96. The van der Waals surface area contributed by atoms with Crippen LogP contribution < -0.4 is 26.2 Å². The van der Waals surface area contributed by atoms with Crippen LogP contribution in [0.25, 0.3) is 0 Å². The number of thiocarbonyl (C=S) groups is 3. The van der Waals surface area contributed by atoms with Crippen LogP contribution in [0.1, 0.15) is 44.4 Å². The monoisotopic (exact) mass is 1480 g/mol. The molecule has 6 heterocycles. The van der Waals surface area contributed by atoms with Crippen molar-refractivity contribution in [2.24, 2.45) is 0 Å². The number of nitrogens with one attached hydrogen (secondary N) is 4. The molecule has 0 spiro atoms. The van der Waals surface area contributed by atoms with Gasteiger partial charge in [0, 0.05) is 88.8 Å². The molecule has 19 nitrogen and oxygen atoms in total. The van der Waals surface area contributed by atoms with Gasteiger partial charge in [-0.3, -0.25) is 29.0 Å². The molecule has 0 aliphatic rings. The van der Waals surface area contributed by atoms with Gasteiger partial charge in [-0.1, -0.05) is 34.1 Å². The SMILES string of the molecule is CCOP(=O)(CBr)OCC.CCOP(=O)(CN(CCc1cccnc1)C(=S)Nc1ccc(Br)cn1)OCC.CP(C)(=O)CN(C(=S)NCCc1cccnc1)c1ccc(Br)cn1.S=C(NCCc1cccnc1)Nc1ccc(Br)cn1. The van der Waals surface area contributed by atoms with Crippen molar-refractivity contribution in [3.8, 4) is 0 Å². The predicted molar refractivity (Wildman–Crippen MR) is 355 cm³/mol. The standard InChI is InChI=1S/C18H24BrN4O3PS.C16H20BrN4OPS.C13H13BrN4S.C5H12BrO3P/c1-3-25-27(24,26-4-2)14-23(11-9-15-6-5-10-20-12-15)18(28)22-17-8-7-16(19)13-21-17;1-23(2,22)12-21(15-6-5-14(17)11-20-15)16(24)19-9-7-13-4-3-8-18-10-13;14-11-3-4-12(17-9-11)18-13(19)16-7-5-10-2-1-6-15-8-10;1-3-8-10(7,5-6)9-4-2/h5-8,10,12-13H,3-4,9,11,14H2,1-2H3,(H,21,22,28);3-6,8,10-11H,7,9,12H2,1-2H3,(H,19,24);1-4,6,8-9H,5,7H2,(H2,16,17,18,19);3-5H2,1-2H3. The average Bonchev–Trinajstić information content (AvgIpc) is 3.46. The number of hydrogen-bond acceptors (Lipinski definition) is 16. The van der Waals surface area contributed by atoms with Gasteiger partial charge in [-0.25, -0.2) is 15.0 Å². The zero-order chi connectivity index (χ0) is 59.5. The van der Waals surface area contributed by atoms with Gasteiger partial charge in [-0.2, -0.15) is 0 Å². The highest BCUT2D eigenvalue weighted by molar-refractivity contribution is 9.11. The minimum Gasteiger partial charge on any atom is -0.362 e. The summed E-state index contributed by atoms with van der Waals surface area (Å²) < 4.78 is 60.0. The summed E-state index contributed by atoms with van der Waals surface area (Å²) in [5.41, 5.74) is 3.37. The lowest BCUT2D eigenvalue weighted by Gasteiger charge is -2.29. The zero-order valence-corrected chi connectivity index (χ0v) is 57.3. The fourth-order valence-electron chi connectivity index (χ4n) is 6.45. The first-order valence-corrected chi connectivity index (χ1v) is 36.2. The van der Waals surface area contributed by atoms with E-state index in [4.69, 9.17) is 54.7 Å². The van der Waals surface area contributed by atoms with E-state index < -0.39 is 22.3 Å². The Morgan fingerprint density at radius 1 is 0.543 bits per heavy atom. The highest BCUT2D eigenvalue weighted by Crippen LogP contribution is 2.49. The average molecular weight is 1480 g/mol. The van der Waals surface area contributed by atoms with Crippen LogP contribution in [0.4, 0.5) is 17.5 Å². The Kier molecular flexibility index (Phi) is 35.3. The number of anilines is 3. The molecule has 6 aromatic heterocycles. The van der Waals surface area contributed by atoms with Crippen LogP contribution >= 0.6 is 123 Å². The van der Waals surface area contributed by atoms with Crippen LogP contribution in [0.2, 0.25) is 0 Å². The van der Waals surface area contributed by atoms with Gasteiger partial charge < -0.3 is 48.8 Å². The van der Waals surface area contributed by atoms with E-state index in [1.807, 2.05) is 79.1 Å². The van der Waals surface area contributed by atoms with Crippen molar-refractivity contribution >= 4 is 155 Å². The summed E-state index contributed by atoms with van der Waals surface area (Å²) in [4.78, 5) is 28.7. The number of hydrogen-bond donors (Lipinski definition) is 4. The third kappa shape index (κ3) is 31.2.